The SMILES string of the molecule is C=c1nc2c(c(=O)[nH]1)=Nc1cc(C)c(C)cc1N2CCCCCCC(=O)OCC(=O)N1CCOCC1. The van der Waals surface area contributed by atoms with Crippen LogP contribution in [0.4, 0.5) is 17.2 Å². The first-order valence-corrected chi connectivity index (χ1v) is 12.4. The topological polar surface area (TPSA) is 117 Å². The zero-order chi connectivity index (χ0) is 25.7. The number of hydrogen-bond donors (Lipinski definition) is 1. The van der Waals surface area contributed by atoms with Crippen molar-refractivity contribution in [3.05, 3.63) is 44.5 Å². The van der Waals surface area contributed by atoms with Gasteiger partial charge in [-0.15, -0.1) is 0 Å². The van der Waals surface area contributed by atoms with Crippen molar-refractivity contribution >= 4 is 35.6 Å². The molecule has 0 unspecified atom stereocenters. The van der Waals surface area contributed by atoms with Crippen LogP contribution < -0.4 is 21.3 Å². The highest BCUT2D eigenvalue weighted by atomic mass is 16.5. The van der Waals surface area contributed by atoms with Crippen molar-refractivity contribution in [1.29, 1.82) is 0 Å². The molecule has 0 aliphatic carbocycles. The van der Waals surface area contributed by atoms with Crippen molar-refractivity contribution < 1.29 is 19.1 Å². The molecule has 1 saturated heterocycles. The zero-order valence-electron chi connectivity index (χ0n) is 21.0. The van der Waals surface area contributed by atoms with Crippen LogP contribution >= 0.6 is 0 Å². The average molecular weight is 496 g/mol. The molecule has 0 atom stereocenters. The standard InChI is InChI=1S/C26H33N5O5/c1-17-14-20-21(15-18(17)2)31(25-24(29-20)26(34)28-19(3)27-25)9-7-5-4-6-8-23(33)36-16-22(32)30-10-12-35-13-11-30/h14-15H,3-13,16H2,1-2H3,(H,28,34). The number of ether oxygens (including phenoxy) is 2. The number of rotatable bonds is 9. The number of unbranched alkanes of at least 4 members (excludes halogenated alkanes) is 3. The number of carbonyl (C=O) groups is 2. The third kappa shape index (κ3) is 5.99. The first kappa shape index (κ1) is 25.6. The molecule has 1 N–H and O–H groups in total. The van der Waals surface area contributed by atoms with E-state index in [4.69, 9.17) is 9.47 Å². The molecule has 4 rings (SSSR count). The van der Waals surface area contributed by atoms with E-state index in [-0.39, 0.29) is 30.5 Å². The van der Waals surface area contributed by atoms with Crippen LogP contribution in [0.2, 0.25) is 0 Å². The minimum atomic E-state index is -0.352. The van der Waals surface area contributed by atoms with Gasteiger partial charge < -0.3 is 24.3 Å². The fourth-order valence-corrected chi connectivity index (χ4v) is 4.35. The molecule has 0 saturated carbocycles. The maximum atomic E-state index is 12.5. The molecule has 1 amide bonds. The molecule has 2 aliphatic heterocycles. The van der Waals surface area contributed by atoms with Gasteiger partial charge in [-0.05, 0) is 49.9 Å². The summed E-state index contributed by atoms with van der Waals surface area (Å²) in [5, 5.41) is 0.299. The van der Waals surface area contributed by atoms with Gasteiger partial charge in [-0.3, -0.25) is 14.4 Å². The van der Waals surface area contributed by atoms with Crippen LogP contribution in [-0.2, 0) is 19.1 Å². The number of fused-ring (bicyclic) bond motifs is 2. The Morgan fingerprint density at radius 1 is 1.11 bits per heavy atom. The number of morpholine rings is 1. The van der Waals surface area contributed by atoms with E-state index in [0.717, 1.165) is 41.8 Å². The van der Waals surface area contributed by atoms with Gasteiger partial charge in [0.05, 0.1) is 24.6 Å². The number of hydrogen-bond acceptors (Lipinski definition) is 8. The number of benzene rings is 1. The highest BCUT2D eigenvalue weighted by Gasteiger charge is 2.23. The number of nitrogens with one attached hydrogen (secondary N) is 1. The summed E-state index contributed by atoms with van der Waals surface area (Å²) in [5.41, 5.74) is 3.93. The lowest BCUT2D eigenvalue weighted by atomic mass is 10.1. The van der Waals surface area contributed by atoms with Gasteiger partial charge in [-0.25, -0.2) is 9.98 Å². The van der Waals surface area contributed by atoms with E-state index in [9.17, 15) is 14.4 Å². The monoisotopic (exact) mass is 495 g/mol. The predicted octanol–water partition coefficient (Wildman–Crippen LogP) is 1.55. The van der Waals surface area contributed by atoms with E-state index in [1.807, 2.05) is 17.9 Å². The quantitative estimate of drug-likeness (QED) is 0.414. The van der Waals surface area contributed by atoms with Gasteiger partial charge >= 0.3 is 5.97 Å². The molecular formula is C26H33N5O5. The van der Waals surface area contributed by atoms with Crippen molar-refractivity contribution in [3.8, 4) is 0 Å². The van der Waals surface area contributed by atoms with Gasteiger partial charge in [-0.1, -0.05) is 19.4 Å². The van der Waals surface area contributed by atoms with Gasteiger partial charge in [0.25, 0.3) is 11.5 Å². The number of carbonyl (C=O) groups excluding carboxylic acids is 2. The molecule has 10 nitrogen and oxygen atoms in total. The summed E-state index contributed by atoms with van der Waals surface area (Å²) in [4.78, 5) is 52.0. The summed E-state index contributed by atoms with van der Waals surface area (Å²) in [7, 11) is 0. The van der Waals surface area contributed by atoms with Crippen molar-refractivity contribution in [2.45, 2.75) is 46.0 Å². The molecule has 1 aromatic heterocycles. The molecular weight excluding hydrogens is 462 g/mol. The lowest BCUT2D eigenvalue weighted by molar-refractivity contribution is -0.153. The van der Waals surface area contributed by atoms with E-state index >= 15 is 0 Å². The Labute approximate surface area is 209 Å². The van der Waals surface area contributed by atoms with Crippen LogP contribution in [0.15, 0.2) is 21.9 Å². The second-order valence-corrected chi connectivity index (χ2v) is 9.19. The van der Waals surface area contributed by atoms with E-state index in [2.05, 4.69) is 34.5 Å². The molecule has 0 spiro atoms. The van der Waals surface area contributed by atoms with Crippen molar-refractivity contribution in [2.75, 3.05) is 44.4 Å². The van der Waals surface area contributed by atoms with E-state index < -0.39 is 0 Å². The van der Waals surface area contributed by atoms with E-state index in [1.165, 1.54) is 0 Å². The summed E-state index contributed by atoms with van der Waals surface area (Å²) >= 11 is 0. The maximum Gasteiger partial charge on any atom is 0.306 e. The largest absolute Gasteiger partial charge is 0.456 e. The Morgan fingerprint density at radius 2 is 1.83 bits per heavy atom. The van der Waals surface area contributed by atoms with Crippen molar-refractivity contribution in [3.63, 3.8) is 0 Å². The lowest BCUT2D eigenvalue weighted by Gasteiger charge is -2.28. The number of anilines is 2. The second kappa shape index (κ2) is 11.5. The smallest absolute Gasteiger partial charge is 0.306 e. The van der Waals surface area contributed by atoms with Gasteiger partial charge in [0.2, 0.25) is 0 Å². The number of nitrogens with zero attached hydrogens (tertiary/aromatic N) is 4. The summed E-state index contributed by atoms with van der Waals surface area (Å²) in [5.74, 6) is -0.00819. The maximum absolute atomic E-state index is 12.5. The Morgan fingerprint density at radius 3 is 2.61 bits per heavy atom. The van der Waals surface area contributed by atoms with Crippen LogP contribution in [0.1, 0.15) is 43.2 Å². The molecule has 0 radical (unpaired) electrons. The summed E-state index contributed by atoms with van der Waals surface area (Å²) in [6, 6.07) is 4.07. The number of esters is 1. The van der Waals surface area contributed by atoms with E-state index in [0.29, 0.717) is 55.9 Å². The molecule has 2 aliphatic rings. The Hall–Kier alpha value is -3.53. The molecule has 3 heterocycles. The van der Waals surface area contributed by atoms with Crippen molar-refractivity contribution in [2.24, 2.45) is 4.99 Å². The molecule has 0 bridgehead atoms. The van der Waals surface area contributed by atoms with Crippen LogP contribution in [0.3, 0.4) is 0 Å². The number of aromatic nitrogens is 2. The summed E-state index contributed by atoms with van der Waals surface area (Å²) < 4.78 is 10.4. The molecule has 2 aromatic rings. The highest BCUT2D eigenvalue weighted by Crippen LogP contribution is 2.36. The minimum Gasteiger partial charge on any atom is -0.456 e. The Balaban J connectivity index is 1.28. The van der Waals surface area contributed by atoms with E-state index in [1.54, 1.807) is 4.90 Å². The fourth-order valence-electron chi connectivity index (χ4n) is 4.35. The molecule has 192 valence electrons. The number of aryl methyl sites for hydroxylation is 2. The fraction of sp³-hybridized carbons (Fsp3) is 0.500. The van der Waals surface area contributed by atoms with Crippen molar-refractivity contribution in [1.82, 2.24) is 14.9 Å². The number of H-pyrrole nitrogens is 1. The Bertz CT molecular complexity index is 1300. The van der Waals surface area contributed by atoms with Crippen LogP contribution in [-0.4, -0.2) is 66.2 Å². The minimum absolute atomic E-state index is 0.177. The zero-order valence-corrected chi connectivity index (χ0v) is 21.0. The van der Waals surface area contributed by atoms with Gasteiger partial charge in [0.15, 0.2) is 17.8 Å². The lowest BCUT2D eigenvalue weighted by Crippen LogP contribution is -2.42. The molecule has 1 fully saturated rings. The first-order chi connectivity index (χ1) is 17.3. The molecule has 36 heavy (non-hydrogen) atoms. The van der Waals surface area contributed by atoms with Crippen LogP contribution in [0.25, 0.3) is 6.58 Å². The molecule has 10 heteroatoms. The number of amides is 1. The first-order valence-electron chi connectivity index (χ1n) is 12.4. The molecule has 1 aromatic carbocycles. The second-order valence-electron chi connectivity index (χ2n) is 9.19. The van der Waals surface area contributed by atoms with Gasteiger partial charge in [0, 0.05) is 26.1 Å². The van der Waals surface area contributed by atoms with Crippen LogP contribution in [0.5, 0.6) is 0 Å². The van der Waals surface area contributed by atoms with Crippen LogP contribution in [0, 0.1) is 13.8 Å². The Kier molecular flexibility index (Phi) is 8.14. The van der Waals surface area contributed by atoms with Gasteiger partial charge in [-0.2, -0.15) is 0 Å². The summed E-state index contributed by atoms with van der Waals surface area (Å²) in [6.07, 6.45) is 3.55. The third-order valence-electron chi connectivity index (χ3n) is 6.53. The number of aromatic amines is 1. The normalized spacial score (nSPS) is 14.6. The van der Waals surface area contributed by atoms with Gasteiger partial charge in [0.1, 0.15) is 5.48 Å². The third-order valence-corrected chi connectivity index (χ3v) is 6.53. The summed E-state index contributed by atoms with van der Waals surface area (Å²) in [6.45, 7) is 10.4. The predicted molar refractivity (Wildman–Crippen MR) is 135 cm³/mol. The average Bonchev–Trinajstić information content (AvgIpc) is 2.86. The highest BCUT2D eigenvalue weighted by molar-refractivity contribution is 5.80.